The molecular weight excluding hydrogens is 1110 g/mol. The highest BCUT2D eigenvalue weighted by atomic mass is 127. The van der Waals surface area contributed by atoms with Crippen LogP contribution in [0.4, 0.5) is 0 Å². The predicted molar refractivity (Wildman–Crippen MR) is 254 cm³/mol. The highest BCUT2D eigenvalue weighted by Gasteiger charge is 2.13. The average molecular weight is 1160 g/mol. The lowest BCUT2D eigenvalue weighted by Gasteiger charge is -2.17. The van der Waals surface area contributed by atoms with E-state index < -0.39 is 0 Å². The van der Waals surface area contributed by atoms with Crippen molar-refractivity contribution < 1.29 is 19.1 Å². The van der Waals surface area contributed by atoms with Gasteiger partial charge in [-0.05, 0) is 137 Å². The van der Waals surface area contributed by atoms with Gasteiger partial charge in [0.15, 0.2) is 5.69 Å². The van der Waals surface area contributed by atoms with Gasteiger partial charge in [-0.1, -0.05) is 27.7 Å². The van der Waals surface area contributed by atoms with Gasteiger partial charge >= 0.3 is 5.97 Å². The van der Waals surface area contributed by atoms with Gasteiger partial charge in [-0.25, -0.2) is 19.7 Å². The number of fused-ring (bicyclic) bond motifs is 3. The minimum Gasteiger partial charge on any atom is -0.461 e. The summed E-state index contributed by atoms with van der Waals surface area (Å²) in [6, 6.07) is 11.6. The van der Waals surface area contributed by atoms with E-state index in [-0.39, 0.29) is 42.6 Å². The number of pyridine rings is 3. The first-order chi connectivity index (χ1) is 26.5. The normalized spacial score (nSPS) is 10.6. The van der Waals surface area contributed by atoms with Crippen molar-refractivity contribution in [2.45, 2.75) is 34.6 Å². The van der Waals surface area contributed by atoms with Crippen molar-refractivity contribution in [3.63, 3.8) is 0 Å². The number of carbonyl (C=O) groups is 3. The minimum absolute atomic E-state index is 0. The van der Waals surface area contributed by atoms with Gasteiger partial charge in [-0.15, -0.1) is 24.8 Å². The molecule has 310 valence electrons. The smallest absolute Gasteiger partial charge is 0.358 e. The van der Waals surface area contributed by atoms with Gasteiger partial charge < -0.3 is 38.4 Å². The predicted octanol–water partition coefficient (Wildman–Crippen LogP) is 6.98. The van der Waals surface area contributed by atoms with Crippen LogP contribution in [0.2, 0.25) is 0 Å². The molecule has 0 saturated heterocycles. The molecule has 6 heterocycles. The van der Waals surface area contributed by atoms with Gasteiger partial charge in [-0.3, -0.25) is 9.59 Å². The van der Waals surface area contributed by atoms with Crippen LogP contribution in [-0.4, -0.2) is 115 Å². The van der Waals surface area contributed by atoms with Crippen LogP contribution in [0.1, 0.15) is 66.1 Å². The number of imidazole rings is 3. The molecule has 14 nitrogen and oxygen atoms in total. The number of hydrogen-bond donors (Lipinski definition) is 2. The van der Waals surface area contributed by atoms with Crippen LogP contribution in [0.3, 0.4) is 0 Å². The van der Waals surface area contributed by atoms with E-state index in [1.54, 1.807) is 25.5 Å². The summed E-state index contributed by atoms with van der Waals surface area (Å²) in [7, 11) is 0. The molecule has 0 atom stereocenters. The molecular formula is C38H49Cl2I3N10O4. The second-order valence-corrected chi connectivity index (χ2v) is 15.7. The standard InChI is InChI=1S/2C14H19IN4O.C10H9IN2O2.2ClH/c2*1-3-18(4-2)8-7-16-14(20)12-10-19-9-11(15)5-6-13(19)17-12;1-2-15-10(14)8-6-13-5-7(11)3-4-9(13)12-8;;/h2*5-6,9-10H,3-4,7-8H2,1-2H3,(H,16,20);3-6H,2H2,1H3;2*1H. The van der Waals surface area contributed by atoms with E-state index in [2.05, 4.69) is 131 Å². The number of aromatic nitrogens is 6. The second-order valence-electron chi connectivity index (χ2n) is 12.0. The Morgan fingerprint density at radius 3 is 1.23 bits per heavy atom. The molecule has 6 rings (SSSR count). The maximum absolute atomic E-state index is 12.1. The van der Waals surface area contributed by atoms with E-state index in [1.807, 2.05) is 68.2 Å². The highest BCUT2D eigenvalue weighted by Crippen LogP contribution is 2.12. The fraction of sp³-hybridized carbons (Fsp3) is 0.368. The van der Waals surface area contributed by atoms with Crippen molar-refractivity contribution in [1.29, 1.82) is 0 Å². The van der Waals surface area contributed by atoms with Crippen LogP contribution < -0.4 is 10.6 Å². The molecule has 0 bridgehead atoms. The summed E-state index contributed by atoms with van der Waals surface area (Å²) in [5.74, 6) is -0.608. The van der Waals surface area contributed by atoms with Gasteiger partial charge in [0.1, 0.15) is 28.3 Å². The molecule has 0 radical (unpaired) electrons. The van der Waals surface area contributed by atoms with E-state index in [1.165, 1.54) is 0 Å². The maximum atomic E-state index is 12.1. The van der Waals surface area contributed by atoms with Crippen LogP contribution in [0.25, 0.3) is 16.9 Å². The molecule has 6 aromatic heterocycles. The molecule has 2 amide bonds. The van der Waals surface area contributed by atoms with E-state index in [0.29, 0.717) is 36.8 Å². The Bertz CT molecular complexity index is 2080. The Hall–Kier alpha value is -2.83. The SMILES string of the molecule is CCN(CC)CCNC(=O)c1cn2cc(I)ccc2n1.CCN(CC)CCNC(=O)c1cn2cc(I)ccc2n1.CCOC(=O)c1cn2cc(I)ccc2n1.Cl.Cl. The number of rotatable bonds is 14. The summed E-state index contributed by atoms with van der Waals surface area (Å²) in [5, 5.41) is 5.83. The van der Waals surface area contributed by atoms with E-state index >= 15 is 0 Å². The van der Waals surface area contributed by atoms with Crippen LogP contribution in [0.15, 0.2) is 73.6 Å². The number of hydrogen-bond acceptors (Lipinski definition) is 9. The number of halogens is 5. The van der Waals surface area contributed by atoms with Crippen LogP contribution in [-0.2, 0) is 4.74 Å². The quantitative estimate of drug-likeness (QED) is 0.0873. The number of ether oxygens (including phenoxy) is 1. The minimum atomic E-state index is -0.379. The fourth-order valence-electron chi connectivity index (χ4n) is 5.33. The molecule has 0 aliphatic rings. The van der Waals surface area contributed by atoms with Gasteiger partial charge in [0.05, 0.1) is 6.61 Å². The Morgan fingerprint density at radius 2 is 0.895 bits per heavy atom. The van der Waals surface area contributed by atoms with Crippen molar-refractivity contribution in [3.8, 4) is 0 Å². The second kappa shape index (κ2) is 25.6. The third kappa shape index (κ3) is 15.4. The summed E-state index contributed by atoms with van der Waals surface area (Å²) >= 11 is 6.68. The van der Waals surface area contributed by atoms with Gasteiger partial charge in [0, 0.05) is 74.1 Å². The zero-order valence-corrected chi connectivity index (χ0v) is 40.6. The summed E-state index contributed by atoms with van der Waals surface area (Å²) in [5.41, 5.74) is 3.61. The first-order valence-electron chi connectivity index (χ1n) is 18.1. The third-order valence-electron chi connectivity index (χ3n) is 8.41. The van der Waals surface area contributed by atoms with Crippen molar-refractivity contribution in [2.24, 2.45) is 0 Å². The molecule has 0 spiro atoms. The summed E-state index contributed by atoms with van der Waals surface area (Å²) < 4.78 is 13.8. The lowest BCUT2D eigenvalue weighted by atomic mass is 10.4. The van der Waals surface area contributed by atoms with Gasteiger partial charge in [0.25, 0.3) is 11.8 Å². The molecule has 0 fully saturated rings. The van der Waals surface area contributed by atoms with Gasteiger partial charge in [-0.2, -0.15) is 0 Å². The first kappa shape index (κ1) is 50.3. The molecule has 6 aromatic rings. The molecule has 19 heteroatoms. The summed E-state index contributed by atoms with van der Waals surface area (Å²) in [4.78, 5) is 52.8. The molecule has 2 N–H and O–H groups in total. The molecule has 0 aliphatic heterocycles. The lowest BCUT2D eigenvalue weighted by Crippen LogP contribution is -2.34. The number of esters is 1. The molecule has 57 heavy (non-hydrogen) atoms. The molecule has 0 aliphatic carbocycles. The van der Waals surface area contributed by atoms with Crippen molar-refractivity contribution in [2.75, 3.05) is 59.0 Å². The number of carbonyl (C=O) groups excluding carboxylic acids is 3. The Kier molecular flexibility index (Phi) is 22.6. The van der Waals surface area contributed by atoms with Crippen molar-refractivity contribution >= 4 is 127 Å². The Morgan fingerprint density at radius 1 is 0.561 bits per heavy atom. The lowest BCUT2D eigenvalue weighted by molar-refractivity contribution is 0.0520. The number of amides is 2. The Labute approximate surface area is 386 Å². The van der Waals surface area contributed by atoms with E-state index in [9.17, 15) is 14.4 Å². The van der Waals surface area contributed by atoms with Crippen molar-refractivity contribution in [1.82, 2.24) is 48.6 Å². The Balaban J connectivity index is 0.000000293. The maximum Gasteiger partial charge on any atom is 0.358 e. The van der Waals surface area contributed by atoms with E-state index in [0.717, 1.165) is 66.9 Å². The monoisotopic (exact) mass is 1160 g/mol. The van der Waals surface area contributed by atoms with Crippen LogP contribution in [0, 0.1) is 10.7 Å². The molecule has 0 unspecified atom stereocenters. The zero-order valence-electron chi connectivity index (χ0n) is 32.5. The summed E-state index contributed by atoms with van der Waals surface area (Å²) in [6.07, 6.45) is 11.0. The van der Waals surface area contributed by atoms with Gasteiger partial charge in [0.2, 0.25) is 0 Å². The summed E-state index contributed by atoms with van der Waals surface area (Å²) in [6.45, 7) is 17.6. The van der Waals surface area contributed by atoms with Crippen LogP contribution >= 0.6 is 92.6 Å². The number of nitrogens with zero attached hydrogens (tertiary/aromatic N) is 8. The third-order valence-corrected chi connectivity index (χ3v) is 10.3. The fourth-order valence-corrected chi connectivity index (χ4v) is 6.77. The van der Waals surface area contributed by atoms with Crippen molar-refractivity contribution in [3.05, 3.63) is 101 Å². The molecule has 0 aromatic carbocycles. The van der Waals surface area contributed by atoms with Crippen LogP contribution in [0.5, 0.6) is 0 Å². The first-order valence-corrected chi connectivity index (χ1v) is 21.3. The largest absolute Gasteiger partial charge is 0.461 e. The molecule has 0 saturated carbocycles. The average Bonchev–Trinajstić information content (AvgIpc) is 3.92. The zero-order chi connectivity index (χ0) is 39.9. The van der Waals surface area contributed by atoms with E-state index in [4.69, 9.17) is 4.74 Å². The highest BCUT2D eigenvalue weighted by molar-refractivity contribution is 14.1. The number of likely N-dealkylation sites (N-methyl/N-ethyl adjacent to an activating group) is 2. The number of nitrogens with one attached hydrogen (secondary N) is 2. The topological polar surface area (TPSA) is 143 Å².